The van der Waals surface area contributed by atoms with Gasteiger partial charge in [0.1, 0.15) is 5.69 Å². The summed E-state index contributed by atoms with van der Waals surface area (Å²) in [7, 11) is 0. The molecule has 8 nitrogen and oxygen atoms in total. The van der Waals surface area contributed by atoms with Gasteiger partial charge in [0, 0.05) is 40.6 Å². The Kier molecular flexibility index (Phi) is 10.9. The topological polar surface area (TPSA) is 106 Å². The maximum absolute atomic E-state index is 12.3. The molecule has 6 aromatic rings. The molecule has 2 amide bonds. The highest BCUT2D eigenvalue weighted by Gasteiger charge is 2.42. The molecule has 7 rings (SSSR count). The molecule has 4 atom stereocenters. The smallest absolute Gasteiger partial charge is 0.319 e. The summed E-state index contributed by atoms with van der Waals surface area (Å²) in [6.07, 6.45) is -1.47. The number of carbonyl (C=O) groups is 1. The fraction of sp³-hybridized carbons (Fsp3) is 0.190. The van der Waals surface area contributed by atoms with Crippen molar-refractivity contribution in [1.82, 2.24) is 10.3 Å². The van der Waals surface area contributed by atoms with E-state index in [9.17, 15) is 9.90 Å². The van der Waals surface area contributed by atoms with Crippen molar-refractivity contribution in [1.29, 1.82) is 0 Å². The van der Waals surface area contributed by atoms with E-state index < -0.39 is 12.4 Å². The summed E-state index contributed by atoms with van der Waals surface area (Å²) in [6, 6.07) is 45.5. The number of hydrogen-bond acceptors (Lipinski definition) is 7. The van der Waals surface area contributed by atoms with Crippen molar-refractivity contribution in [3.05, 3.63) is 162 Å². The van der Waals surface area contributed by atoms with Crippen molar-refractivity contribution in [3.8, 4) is 22.6 Å². The van der Waals surface area contributed by atoms with Crippen LogP contribution in [0.4, 0.5) is 10.5 Å². The summed E-state index contributed by atoms with van der Waals surface area (Å²) in [6.45, 7) is 2.34. The zero-order valence-corrected chi connectivity index (χ0v) is 29.0. The van der Waals surface area contributed by atoms with Crippen LogP contribution in [0.1, 0.15) is 47.5 Å². The van der Waals surface area contributed by atoms with Crippen molar-refractivity contribution < 1.29 is 23.8 Å². The summed E-state index contributed by atoms with van der Waals surface area (Å²) in [5, 5.41) is 16.0. The average molecular weight is 698 g/mol. The highest BCUT2D eigenvalue weighted by atomic mass is 32.2. The van der Waals surface area contributed by atoms with Gasteiger partial charge < -0.3 is 29.6 Å². The first kappa shape index (κ1) is 34.3. The highest BCUT2D eigenvalue weighted by Crippen LogP contribution is 2.48. The molecule has 2 heterocycles. The Bertz CT molecular complexity index is 1970. The molecular weight excluding hydrogens is 659 g/mol. The minimum Gasteiger partial charge on any atom is -0.431 e. The van der Waals surface area contributed by atoms with Crippen molar-refractivity contribution in [3.63, 3.8) is 0 Å². The molecular formula is C42H39N3O5S. The molecule has 9 heteroatoms. The van der Waals surface area contributed by atoms with Gasteiger partial charge in [-0.05, 0) is 35.7 Å². The van der Waals surface area contributed by atoms with E-state index >= 15 is 0 Å². The van der Waals surface area contributed by atoms with Gasteiger partial charge in [0.2, 0.25) is 0 Å². The number of oxazole rings is 1. The zero-order chi connectivity index (χ0) is 35.0. The number of hydrogen-bond donors (Lipinski definition) is 3. The lowest BCUT2D eigenvalue weighted by molar-refractivity contribution is -0.255. The Balaban J connectivity index is 1.25. The SMILES string of the molecule is CCNC(=O)Nc1cccc(C2O[C@H](CSc3nc(-c4ccccc4)c(-c4ccccc4)o3)[C@@H](c3ccccc3)[C@H](c3ccc(CO)cc3)O2)c1. The normalized spacial score (nSPS) is 18.6. The zero-order valence-electron chi connectivity index (χ0n) is 28.1. The Morgan fingerprint density at radius 3 is 2.12 bits per heavy atom. The summed E-state index contributed by atoms with van der Waals surface area (Å²) >= 11 is 1.51. The molecule has 1 aromatic heterocycles. The van der Waals surface area contributed by atoms with Crippen molar-refractivity contribution in [2.24, 2.45) is 0 Å². The lowest BCUT2D eigenvalue weighted by atomic mass is 9.84. The third-order valence-electron chi connectivity index (χ3n) is 8.79. The van der Waals surface area contributed by atoms with Crippen LogP contribution in [0.5, 0.6) is 0 Å². The molecule has 0 saturated carbocycles. The number of aromatic nitrogens is 1. The lowest BCUT2D eigenvalue weighted by Crippen LogP contribution is -2.38. The third kappa shape index (κ3) is 8.08. The predicted octanol–water partition coefficient (Wildman–Crippen LogP) is 9.37. The maximum Gasteiger partial charge on any atom is 0.319 e. The molecule has 3 N–H and O–H groups in total. The molecule has 0 spiro atoms. The van der Waals surface area contributed by atoms with Crippen molar-refractivity contribution in [2.75, 3.05) is 17.6 Å². The van der Waals surface area contributed by atoms with Crippen molar-refractivity contribution in [2.45, 2.75) is 43.2 Å². The summed E-state index contributed by atoms with van der Waals surface area (Å²) in [5.74, 6) is 1.04. The number of benzene rings is 5. The van der Waals surface area contributed by atoms with Crippen LogP contribution in [-0.2, 0) is 16.1 Å². The number of carbonyl (C=O) groups excluding carboxylic acids is 1. The second-order valence-corrected chi connectivity index (χ2v) is 13.2. The van der Waals surface area contributed by atoms with E-state index in [4.69, 9.17) is 18.9 Å². The van der Waals surface area contributed by atoms with Crippen LogP contribution in [0, 0.1) is 0 Å². The number of aliphatic hydroxyl groups is 1. The summed E-state index contributed by atoms with van der Waals surface area (Å²) < 4.78 is 20.3. The monoisotopic (exact) mass is 697 g/mol. The fourth-order valence-electron chi connectivity index (χ4n) is 6.34. The fourth-order valence-corrected chi connectivity index (χ4v) is 7.23. The van der Waals surface area contributed by atoms with Gasteiger partial charge >= 0.3 is 6.03 Å². The van der Waals surface area contributed by atoms with Crippen LogP contribution in [0.15, 0.2) is 149 Å². The average Bonchev–Trinajstić information content (AvgIpc) is 3.62. The van der Waals surface area contributed by atoms with Gasteiger partial charge in [-0.3, -0.25) is 0 Å². The van der Waals surface area contributed by atoms with Gasteiger partial charge in [-0.1, -0.05) is 139 Å². The second-order valence-electron chi connectivity index (χ2n) is 12.2. The maximum atomic E-state index is 12.3. The van der Waals surface area contributed by atoms with E-state index in [2.05, 4.69) is 22.8 Å². The molecule has 1 aliphatic heterocycles. The Morgan fingerprint density at radius 2 is 1.43 bits per heavy atom. The number of nitrogens with one attached hydrogen (secondary N) is 2. The van der Waals surface area contributed by atoms with Crippen LogP contribution in [0.2, 0.25) is 0 Å². The molecule has 1 fully saturated rings. The Labute approximate surface area is 301 Å². The van der Waals surface area contributed by atoms with E-state index in [1.54, 1.807) is 0 Å². The van der Waals surface area contributed by atoms with Gasteiger partial charge in [-0.25, -0.2) is 9.78 Å². The molecule has 1 aliphatic rings. The van der Waals surface area contributed by atoms with Gasteiger partial charge in [-0.15, -0.1) is 0 Å². The number of ether oxygens (including phenoxy) is 2. The third-order valence-corrected chi connectivity index (χ3v) is 9.70. The van der Waals surface area contributed by atoms with Gasteiger partial charge in [-0.2, -0.15) is 0 Å². The number of anilines is 1. The molecule has 0 aliphatic carbocycles. The summed E-state index contributed by atoms with van der Waals surface area (Å²) in [4.78, 5) is 17.4. The summed E-state index contributed by atoms with van der Waals surface area (Å²) in [5.41, 5.74) is 6.98. The number of rotatable bonds is 11. The highest BCUT2D eigenvalue weighted by molar-refractivity contribution is 7.99. The number of amides is 2. The lowest BCUT2D eigenvalue weighted by Gasteiger charge is -2.43. The van der Waals surface area contributed by atoms with Gasteiger partial charge in [0.25, 0.3) is 5.22 Å². The predicted molar refractivity (Wildman–Crippen MR) is 200 cm³/mol. The Hall–Kier alpha value is -5.19. The van der Waals surface area contributed by atoms with E-state index in [-0.39, 0.29) is 24.7 Å². The molecule has 1 unspecified atom stereocenters. The first-order valence-electron chi connectivity index (χ1n) is 17.0. The van der Waals surface area contributed by atoms with Crippen LogP contribution >= 0.6 is 11.8 Å². The molecule has 5 aromatic carbocycles. The minimum absolute atomic E-state index is 0.0452. The largest absolute Gasteiger partial charge is 0.431 e. The second kappa shape index (κ2) is 16.2. The number of thioether (sulfide) groups is 1. The number of aliphatic hydroxyl groups excluding tert-OH is 1. The van der Waals surface area contributed by atoms with Gasteiger partial charge in [0.05, 0.1) is 18.8 Å². The Morgan fingerprint density at radius 1 is 0.765 bits per heavy atom. The van der Waals surface area contributed by atoms with Crippen LogP contribution < -0.4 is 10.6 Å². The van der Waals surface area contributed by atoms with E-state index in [0.717, 1.165) is 39.1 Å². The minimum atomic E-state index is -0.738. The van der Waals surface area contributed by atoms with E-state index in [1.807, 2.05) is 134 Å². The van der Waals surface area contributed by atoms with Crippen LogP contribution in [-0.4, -0.2) is 34.5 Å². The standard InChI is InChI=1S/C42H39N3O5S/c1-2-43-41(47)44-34-20-12-19-33(25-34)40-48-35(36(29-13-6-3-7-14-29)38(49-40)32-23-21-28(26-46)22-24-32)27-51-42-45-37(30-15-8-4-9-16-30)39(50-42)31-17-10-5-11-18-31/h3-25,35-36,38,40,46H,2,26-27H2,1H3,(H2,43,44,47)/t35-,36-,38+,40?/m1/s1. The molecule has 51 heavy (non-hydrogen) atoms. The quantitative estimate of drug-likeness (QED) is 0.116. The number of nitrogens with zero attached hydrogens (tertiary/aromatic N) is 1. The van der Waals surface area contributed by atoms with Crippen LogP contribution in [0.3, 0.4) is 0 Å². The van der Waals surface area contributed by atoms with Crippen LogP contribution in [0.25, 0.3) is 22.6 Å². The van der Waals surface area contributed by atoms with Gasteiger partial charge in [0.15, 0.2) is 12.1 Å². The molecule has 0 bridgehead atoms. The first-order chi connectivity index (χ1) is 25.1. The molecule has 258 valence electrons. The first-order valence-corrected chi connectivity index (χ1v) is 18.0. The molecule has 0 radical (unpaired) electrons. The molecule has 1 saturated heterocycles. The van der Waals surface area contributed by atoms with Crippen molar-refractivity contribution >= 4 is 23.5 Å². The number of urea groups is 1. The van der Waals surface area contributed by atoms with E-state index in [1.165, 1.54) is 11.8 Å². The van der Waals surface area contributed by atoms with E-state index in [0.29, 0.717) is 29.0 Å².